The summed E-state index contributed by atoms with van der Waals surface area (Å²) in [6, 6.07) is 9.27. The standard InChI is InChI=1S/C16H11FN4O4S/c1-20-9-18-19-16(20)26-14-7-6-10(8-12(14)21(23)24)15(22)25-13-5-3-2-4-11(13)17/h2-9H,1H3. The van der Waals surface area contributed by atoms with Crippen LogP contribution in [0.2, 0.25) is 0 Å². The first-order chi connectivity index (χ1) is 12.5. The first kappa shape index (κ1) is 17.5. The van der Waals surface area contributed by atoms with Gasteiger partial charge in [-0.3, -0.25) is 10.1 Å². The number of ether oxygens (including phenoxy) is 1. The Bertz CT molecular complexity index is 992. The number of hydrogen-bond donors (Lipinski definition) is 0. The van der Waals surface area contributed by atoms with Crippen molar-refractivity contribution in [3.8, 4) is 5.75 Å². The highest BCUT2D eigenvalue weighted by Crippen LogP contribution is 2.34. The first-order valence-electron chi connectivity index (χ1n) is 7.22. The number of carbonyl (C=O) groups is 1. The van der Waals surface area contributed by atoms with Gasteiger partial charge >= 0.3 is 5.97 Å². The molecular formula is C16H11FN4O4S. The van der Waals surface area contributed by atoms with Crippen molar-refractivity contribution >= 4 is 23.4 Å². The van der Waals surface area contributed by atoms with E-state index in [0.29, 0.717) is 5.16 Å². The summed E-state index contributed by atoms with van der Waals surface area (Å²) in [6.45, 7) is 0. The molecule has 0 bridgehead atoms. The van der Waals surface area contributed by atoms with Crippen LogP contribution in [0.25, 0.3) is 0 Å². The number of halogens is 1. The molecule has 0 fully saturated rings. The molecule has 0 atom stereocenters. The van der Waals surface area contributed by atoms with Gasteiger partial charge in [-0.1, -0.05) is 12.1 Å². The van der Waals surface area contributed by atoms with E-state index in [4.69, 9.17) is 4.74 Å². The van der Waals surface area contributed by atoms with Crippen LogP contribution < -0.4 is 4.74 Å². The number of nitrogens with zero attached hydrogens (tertiary/aromatic N) is 4. The molecule has 1 heterocycles. The highest BCUT2D eigenvalue weighted by Gasteiger charge is 2.21. The first-order valence-corrected chi connectivity index (χ1v) is 8.04. The molecule has 0 unspecified atom stereocenters. The Labute approximate surface area is 150 Å². The Morgan fingerprint density at radius 2 is 2.08 bits per heavy atom. The van der Waals surface area contributed by atoms with E-state index >= 15 is 0 Å². The van der Waals surface area contributed by atoms with Crippen molar-refractivity contribution in [3.05, 3.63) is 70.3 Å². The van der Waals surface area contributed by atoms with E-state index in [9.17, 15) is 19.3 Å². The van der Waals surface area contributed by atoms with Crippen molar-refractivity contribution < 1.29 is 18.8 Å². The number of hydrogen-bond acceptors (Lipinski definition) is 7. The van der Waals surface area contributed by atoms with Crippen LogP contribution in [0.5, 0.6) is 5.75 Å². The van der Waals surface area contributed by atoms with E-state index < -0.39 is 16.7 Å². The Morgan fingerprint density at radius 3 is 2.73 bits per heavy atom. The second kappa shape index (κ2) is 7.31. The van der Waals surface area contributed by atoms with Gasteiger partial charge in [0.1, 0.15) is 6.33 Å². The quantitative estimate of drug-likeness (QED) is 0.292. The smallest absolute Gasteiger partial charge is 0.343 e. The summed E-state index contributed by atoms with van der Waals surface area (Å²) in [7, 11) is 1.70. The van der Waals surface area contributed by atoms with Crippen molar-refractivity contribution in [2.24, 2.45) is 7.05 Å². The highest BCUT2D eigenvalue weighted by atomic mass is 32.2. The maximum atomic E-state index is 13.6. The van der Waals surface area contributed by atoms with Gasteiger partial charge in [-0.2, -0.15) is 0 Å². The van der Waals surface area contributed by atoms with Gasteiger partial charge in [0, 0.05) is 13.1 Å². The predicted molar refractivity (Wildman–Crippen MR) is 89.6 cm³/mol. The third kappa shape index (κ3) is 3.70. The molecular weight excluding hydrogens is 363 g/mol. The summed E-state index contributed by atoms with van der Waals surface area (Å²) >= 11 is 1.04. The lowest BCUT2D eigenvalue weighted by molar-refractivity contribution is -0.387. The van der Waals surface area contributed by atoms with Gasteiger partial charge in [-0.25, -0.2) is 9.18 Å². The molecule has 8 nitrogen and oxygen atoms in total. The number of carbonyl (C=O) groups excluding carboxylic acids is 1. The van der Waals surface area contributed by atoms with E-state index in [-0.39, 0.29) is 21.9 Å². The molecule has 10 heteroatoms. The van der Waals surface area contributed by atoms with Gasteiger partial charge in [0.2, 0.25) is 0 Å². The van der Waals surface area contributed by atoms with Crippen LogP contribution in [-0.4, -0.2) is 25.7 Å². The van der Waals surface area contributed by atoms with Crippen LogP contribution in [0.15, 0.2) is 58.8 Å². The second-order valence-corrected chi connectivity index (χ2v) is 6.10. The van der Waals surface area contributed by atoms with E-state index in [1.54, 1.807) is 11.6 Å². The maximum absolute atomic E-state index is 13.6. The number of aromatic nitrogens is 3. The Kier molecular flexibility index (Phi) is 4.94. The summed E-state index contributed by atoms with van der Waals surface area (Å²) in [5, 5.41) is 19.4. The Hall–Kier alpha value is -3.27. The van der Waals surface area contributed by atoms with E-state index in [1.807, 2.05) is 0 Å². The summed E-state index contributed by atoms with van der Waals surface area (Å²) in [5.74, 6) is -1.85. The molecule has 0 spiro atoms. The van der Waals surface area contributed by atoms with E-state index in [1.165, 1.54) is 36.7 Å². The van der Waals surface area contributed by atoms with Crippen LogP contribution in [0.1, 0.15) is 10.4 Å². The fourth-order valence-corrected chi connectivity index (χ4v) is 2.87. The third-order valence-corrected chi connectivity index (χ3v) is 4.42. The van der Waals surface area contributed by atoms with Crippen molar-refractivity contribution in [2.45, 2.75) is 10.1 Å². The van der Waals surface area contributed by atoms with Gasteiger partial charge < -0.3 is 9.30 Å². The average Bonchev–Trinajstić information content (AvgIpc) is 3.02. The minimum atomic E-state index is -0.895. The molecule has 3 rings (SSSR count). The number of nitro benzene ring substituents is 1. The van der Waals surface area contributed by atoms with Crippen molar-refractivity contribution in [1.29, 1.82) is 0 Å². The lowest BCUT2D eigenvalue weighted by Crippen LogP contribution is -2.10. The van der Waals surface area contributed by atoms with Gasteiger partial charge in [0.15, 0.2) is 16.7 Å². The van der Waals surface area contributed by atoms with Crippen LogP contribution in [0.3, 0.4) is 0 Å². The summed E-state index contributed by atoms with van der Waals surface area (Å²) in [5.41, 5.74) is -0.358. The van der Waals surface area contributed by atoms with Crippen LogP contribution in [0, 0.1) is 15.9 Å². The van der Waals surface area contributed by atoms with Crippen molar-refractivity contribution in [2.75, 3.05) is 0 Å². The monoisotopic (exact) mass is 374 g/mol. The molecule has 0 aliphatic heterocycles. The van der Waals surface area contributed by atoms with Gasteiger partial charge in [-0.05, 0) is 36.0 Å². The van der Waals surface area contributed by atoms with E-state index in [0.717, 1.165) is 23.9 Å². The molecule has 26 heavy (non-hydrogen) atoms. The molecule has 132 valence electrons. The lowest BCUT2D eigenvalue weighted by Gasteiger charge is -2.07. The van der Waals surface area contributed by atoms with Crippen LogP contribution in [-0.2, 0) is 7.05 Å². The maximum Gasteiger partial charge on any atom is 0.343 e. The fraction of sp³-hybridized carbons (Fsp3) is 0.0625. The molecule has 1 aromatic heterocycles. The largest absolute Gasteiger partial charge is 0.420 e. The topological polar surface area (TPSA) is 100 Å². The number of rotatable bonds is 5. The van der Waals surface area contributed by atoms with Gasteiger partial charge in [0.25, 0.3) is 5.69 Å². The van der Waals surface area contributed by atoms with Crippen LogP contribution in [0.4, 0.5) is 10.1 Å². The van der Waals surface area contributed by atoms with Crippen molar-refractivity contribution in [1.82, 2.24) is 14.8 Å². The summed E-state index contributed by atoms with van der Waals surface area (Å²) < 4.78 is 20.1. The highest BCUT2D eigenvalue weighted by molar-refractivity contribution is 7.99. The molecule has 0 saturated carbocycles. The molecule has 0 radical (unpaired) electrons. The zero-order chi connectivity index (χ0) is 18.7. The lowest BCUT2D eigenvalue weighted by atomic mass is 10.2. The number of esters is 1. The SMILES string of the molecule is Cn1cnnc1Sc1ccc(C(=O)Oc2ccccc2F)cc1[N+](=O)[O-]. The molecule has 2 aromatic carbocycles. The average molecular weight is 374 g/mol. The van der Waals surface area contributed by atoms with Crippen molar-refractivity contribution in [3.63, 3.8) is 0 Å². The predicted octanol–water partition coefficient (Wildman–Crippen LogP) is 3.23. The normalized spacial score (nSPS) is 10.5. The molecule has 0 saturated heterocycles. The number of aryl methyl sites for hydroxylation is 1. The molecule has 3 aromatic rings. The van der Waals surface area contributed by atoms with E-state index in [2.05, 4.69) is 10.2 Å². The second-order valence-electron chi connectivity index (χ2n) is 5.09. The molecule has 0 aliphatic rings. The zero-order valence-corrected chi connectivity index (χ0v) is 14.1. The summed E-state index contributed by atoms with van der Waals surface area (Å²) in [6.07, 6.45) is 1.47. The van der Waals surface area contributed by atoms with Crippen LogP contribution >= 0.6 is 11.8 Å². The number of benzene rings is 2. The zero-order valence-electron chi connectivity index (χ0n) is 13.3. The minimum absolute atomic E-state index is 0.0673. The molecule has 0 amide bonds. The van der Waals surface area contributed by atoms with Gasteiger partial charge in [0.05, 0.1) is 15.4 Å². The molecule has 0 N–H and O–H groups in total. The minimum Gasteiger partial charge on any atom is -0.420 e. The number of para-hydroxylation sites is 1. The third-order valence-electron chi connectivity index (χ3n) is 3.30. The summed E-state index contributed by atoms with van der Waals surface area (Å²) in [4.78, 5) is 23.2. The Morgan fingerprint density at radius 1 is 1.31 bits per heavy atom. The fourth-order valence-electron chi connectivity index (χ4n) is 2.02. The molecule has 0 aliphatic carbocycles. The number of nitro groups is 1. The van der Waals surface area contributed by atoms with Gasteiger partial charge in [-0.15, -0.1) is 10.2 Å². The Balaban J connectivity index is 1.88.